The van der Waals surface area contributed by atoms with Crippen molar-refractivity contribution >= 4 is 55.4 Å². The fraction of sp³-hybridized carbons (Fsp3) is 0.476. The van der Waals surface area contributed by atoms with Crippen molar-refractivity contribution in [1.82, 2.24) is 20.5 Å². The van der Waals surface area contributed by atoms with E-state index in [0.29, 0.717) is 23.8 Å². The Morgan fingerprint density at radius 2 is 1.77 bits per heavy atom. The average Bonchev–Trinajstić information content (AvgIpc) is 3.26. The van der Waals surface area contributed by atoms with Gasteiger partial charge in [0, 0.05) is 44.0 Å². The molecule has 2 aliphatic rings. The van der Waals surface area contributed by atoms with E-state index in [1.54, 1.807) is 0 Å². The van der Waals surface area contributed by atoms with Crippen molar-refractivity contribution in [3.05, 3.63) is 59.8 Å². The van der Waals surface area contributed by atoms with Gasteiger partial charge in [0.2, 0.25) is 0 Å². The van der Waals surface area contributed by atoms with Crippen molar-refractivity contribution < 1.29 is 0 Å². The van der Waals surface area contributed by atoms with Gasteiger partial charge in [0.05, 0.1) is 0 Å². The van der Waals surface area contributed by atoms with Crippen LogP contribution in [0.2, 0.25) is 0 Å². The topological polar surface area (TPSA) is 66.2 Å². The summed E-state index contributed by atoms with van der Waals surface area (Å²) in [6, 6.07) is 17.8. The standard InChI is InChI=1S/C21H29N5.4ClH/c22-21-8-4-7-18(25-21)11-17-12-23-13-20(17)24-19-9-10-26(15-19)14-16-5-2-1-3-6-16;;;;/h1-8,17,19-20,23-24H,9-15H2,(H2,22,25);4*1H/t17-,19+,20-;;;;/m0..../s1. The van der Waals surface area contributed by atoms with Crippen LogP contribution in [-0.4, -0.2) is 48.1 Å². The minimum absolute atomic E-state index is 0. The molecule has 0 aliphatic carbocycles. The molecular formula is C21H33Cl4N5. The Balaban J connectivity index is 0.00000210. The van der Waals surface area contributed by atoms with E-state index in [2.05, 4.69) is 56.9 Å². The second-order valence-electron chi connectivity index (χ2n) is 7.66. The Morgan fingerprint density at radius 1 is 1.00 bits per heavy atom. The van der Waals surface area contributed by atoms with E-state index in [4.69, 9.17) is 5.73 Å². The van der Waals surface area contributed by atoms with Crippen LogP contribution in [0.1, 0.15) is 17.7 Å². The second kappa shape index (κ2) is 14.3. The number of hydrogen-bond acceptors (Lipinski definition) is 5. The van der Waals surface area contributed by atoms with Crippen molar-refractivity contribution in [2.75, 3.05) is 31.9 Å². The highest BCUT2D eigenvalue weighted by atomic mass is 35.5. The molecule has 30 heavy (non-hydrogen) atoms. The minimum Gasteiger partial charge on any atom is -0.384 e. The van der Waals surface area contributed by atoms with E-state index in [0.717, 1.165) is 38.3 Å². The molecule has 4 rings (SSSR count). The molecule has 170 valence electrons. The van der Waals surface area contributed by atoms with Gasteiger partial charge < -0.3 is 16.4 Å². The van der Waals surface area contributed by atoms with Crippen LogP contribution in [0.25, 0.3) is 0 Å². The number of anilines is 1. The van der Waals surface area contributed by atoms with E-state index in [1.807, 2.05) is 12.1 Å². The predicted molar refractivity (Wildman–Crippen MR) is 135 cm³/mol. The number of nitrogen functional groups attached to an aromatic ring is 1. The molecule has 2 saturated heterocycles. The van der Waals surface area contributed by atoms with Crippen molar-refractivity contribution in [1.29, 1.82) is 0 Å². The van der Waals surface area contributed by atoms with Gasteiger partial charge in [-0.25, -0.2) is 4.98 Å². The van der Waals surface area contributed by atoms with Crippen LogP contribution in [0.3, 0.4) is 0 Å². The molecule has 5 nitrogen and oxygen atoms in total. The molecule has 0 saturated carbocycles. The second-order valence-corrected chi connectivity index (χ2v) is 7.66. The summed E-state index contributed by atoms with van der Waals surface area (Å²) in [5, 5.41) is 7.46. The van der Waals surface area contributed by atoms with Gasteiger partial charge in [-0.3, -0.25) is 4.90 Å². The monoisotopic (exact) mass is 495 g/mol. The van der Waals surface area contributed by atoms with Crippen LogP contribution >= 0.6 is 49.6 Å². The first kappa shape index (κ1) is 29.2. The Hall–Kier alpha value is -0.790. The molecule has 0 spiro atoms. The third-order valence-electron chi connectivity index (χ3n) is 5.61. The lowest BCUT2D eigenvalue weighted by Gasteiger charge is -2.24. The van der Waals surface area contributed by atoms with Gasteiger partial charge in [-0.1, -0.05) is 36.4 Å². The zero-order chi connectivity index (χ0) is 17.8. The molecule has 2 aromatic rings. The lowest BCUT2D eigenvalue weighted by Crippen LogP contribution is -2.44. The highest BCUT2D eigenvalue weighted by Gasteiger charge is 2.31. The van der Waals surface area contributed by atoms with Crippen molar-refractivity contribution in [3.8, 4) is 0 Å². The van der Waals surface area contributed by atoms with Crippen LogP contribution in [-0.2, 0) is 13.0 Å². The smallest absolute Gasteiger partial charge is 0.123 e. The highest BCUT2D eigenvalue weighted by molar-refractivity contribution is 5.86. The SMILES string of the molecule is Cl.Cl.Cl.Cl.Nc1cccc(C[C@H]2CNC[C@@H]2N[C@@H]2CCN(Cc3ccccc3)C2)n1. The molecule has 9 heteroatoms. The van der Waals surface area contributed by atoms with E-state index in [1.165, 1.54) is 18.5 Å². The zero-order valence-electron chi connectivity index (χ0n) is 16.9. The number of likely N-dealkylation sites (tertiary alicyclic amines) is 1. The van der Waals surface area contributed by atoms with Crippen LogP contribution < -0.4 is 16.4 Å². The first-order valence-electron chi connectivity index (χ1n) is 9.71. The van der Waals surface area contributed by atoms with Gasteiger partial charge in [-0.05, 0) is 43.0 Å². The van der Waals surface area contributed by atoms with Crippen LogP contribution in [0.15, 0.2) is 48.5 Å². The number of nitrogens with zero attached hydrogens (tertiary/aromatic N) is 2. The Bertz CT molecular complexity index is 722. The first-order valence-corrected chi connectivity index (χ1v) is 9.71. The number of aromatic nitrogens is 1. The lowest BCUT2D eigenvalue weighted by atomic mass is 9.96. The number of benzene rings is 1. The van der Waals surface area contributed by atoms with E-state index < -0.39 is 0 Å². The third kappa shape index (κ3) is 8.04. The van der Waals surface area contributed by atoms with E-state index >= 15 is 0 Å². The number of rotatable bonds is 6. The summed E-state index contributed by atoms with van der Waals surface area (Å²) in [7, 11) is 0. The average molecular weight is 497 g/mol. The first-order chi connectivity index (χ1) is 12.8. The lowest BCUT2D eigenvalue weighted by molar-refractivity contribution is 0.307. The number of halogens is 4. The zero-order valence-corrected chi connectivity index (χ0v) is 20.2. The quantitative estimate of drug-likeness (QED) is 0.572. The van der Waals surface area contributed by atoms with Crippen molar-refractivity contribution in [2.24, 2.45) is 5.92 Å². The Kier molecular flexibility index (Phi) is 13.9. The summed E-state index contributed by atoms with van der Waals surface area (Å²) in [6.07, 6.45) is 2.21. The van der Waals surface area contributed by atoms with Crippen molar-refractivity contribution in [3.63, 3.8) is 0 Å². The summed E-state index contributed by atoms with van der Waals surface area (Å²) in [4.78, 5) is 7.04. The maximum atomic E-state index is 5.83. The van der Waals surface area contributed by atoms with Crippen LogP contribution in [0.4, 0.5) is 5.82 Å². The molecule has 3 heterocycles. The van der Waals surface area contributed by atoms with Crippen LogP contribution in [0, 0.1) is 5.92 Å². The molecule has 0 unspecified atom stereocenters. The summed E-state index contributed by atoms with van der Waals surface area (Å²) >= 11 is 0. The van der Waals surface area contributed by atoms with Gasteiger partial charge in [-0.2, -0.15) is 0 Å². The van der Waals surface area contributed by atoms with Crippen molar-refractivity contribution in [2.45, 2.75) is 31.5 Å². The third-order valence-corrected chi connectivity index (χ3v) is 5.61. The fourth-order valence-electron chi connectivity index (χ4n) is 4.28. The fourth-order valence-corrected chi connectivity index (χ4v) is 4.28. The number of nitrogens with two attached hydrogens (primary N) is 1. The largest absolute Gasteiger partial charge is 0.384 e. The number of nitrogens with one attached hydrogen (secondary N) is 2. The van der Waals surface area contributed by atoms with Crippen LogP contribution in [0.5, 0.6) is 0 Å². The summed E-state index contributed by atoms with van der Waals surface area (Å²) in [6.45, 7) is 5.46. The molecule has 1 aromatic heterocycles. The molecule has 4 N–H and O–H groups in total. The number of pyridine rings is 1. The molecule has 0 amide bonds. The molecule has 0 bridgehead atoms. The summed E-state index contributed by atoms with van der Waals surface area (Å²) in [5.41, 5.74) is 8.33. The highest BCUT2D eigenvalue weighted by Crippen LogP contribution is 2.19. The van der Waals surface area contributed by atoms with Gasteiger partial charge in [-0.15, -0.1) is 49.6 Å². The van der Waals surface area contributed by atoms with Gasteiger partial charge in [0.15, 0.2) is 0 Å². The van der Waals surface area contributed by atoms with Gasteiger partial charge in [0.1, 0.15) is 5.82 Å². The summed E-state index contributed by atoms with van der Waals surface area (Å²) < 4.78 is 0. The van der Waals surface area contributed by atoms with Gasteiger partial charge >= 0.3 is 0 Å². The maximum Gasteiger partial charge on any atom is 0.123 e. The van der Waals surface area contributed by atoms with Gasteiger partial charge in [0.25, 0.3) is 0 Å². The molecule has 3 atom stereocenters. The van der Waals surface area contributed by atoms with E-state index in [-0.39, 0.29) is 49.6 Å². The normalized spacial score (nSPS) is 22.9. The molecule has 2 aliphatic heterocycles. The molecule has 2 fully saturated rings. The Labute approximate surface area is 204 Å². The van der Waals surface area contributed by atoms with E-state index in [9.17, 15) is 0 Å². The Morgan fingerprint density at radius 3 is 2.50 bits per heavy atom. The molecule has 0 radical (unpaired) electrons. The predicted octanol–water partition coefficient (Wildman–Crippen LogP) is 3.35. The molecular weight excluding hydrogens is 464 g/mol. The number of hydrogen-bond donors (Lipinski definition) is 3. The maximum absolute atomic E-state index is 5.83. The molecule has 1 aromatic carbocycles. The summed E-state index contributed by atoms with van der Waals surface area (Å²) in [5.74, 6) is 1.19. The minimum atomic E-state index is 0.